The van der Waals surface area contributed by atoms with Crippen LogP contribution in [0.4, 0.5) is 10.2 Å². The van der Waals surface area contributed by atoms with Gasteiger partial charge in [-0.3, -0.25) is 0 Å². The van der Waals surface area contributed by atoms with Crippen LogP contribution in [0.5, 0.6) is 0 Å². The van der Waals surface area contributed by atoms with Crippen molar-refractivity contribution >= 4 is 40.2 Å². The molecule has 1 aliphatic rings. The number of aromatic nitrogens is 3. The largest absolute Gasteiger partial charge is 0.356 e. The zero-order valence-electron chi connectivity index (χ0n) is 13.7. The molecule has 2 heterocycles. The van der Waals surface area contributed by atoms with E-state index in [4.69, 9.17) is 11.6 Å². The van der Waals surface area contributed by atoms with Crippen molar-refractivity contribution in [3.05, 3.63) is 47.6 Å². The molecule has 0 atom stereocenters. The van der Waals surface area contributed by atoms with Crippen molar-refractivity contribution < 1.29 is 4.39 Å². The lowest BCUT2D eigenvalue weighted by molar-refractivity contribution is 0.286. The summed E-state index contributed by atoms with van der Waals surface area (Å²) in [6.45, 7) is 0. The third-order valence-corrected chi connectivity index (χ3v) is 6.32. The Balaban J connectivity index is 1.34. The van der Waals surface area contributed by atoms with Crippen LogP contribution in [0.15, 0.2) is 41.7 Å². The summed E-state index contributed by atoms with van der Waals surface area (Å²) < 4.78 is 13.2. The average Bonchev–Trinajstić information content (AvgIpc) is 3.05. The lowest BCUT2D eigenvalue weighted by Gasteiger charge is -2.41. The predicted molar refractivity (Wildman–Crippen MR) is 101 cm³/mol. The Morgan fingerprint density at radius 2 is 2.16 bits per heavy atom. The van der Waals surface area contributed by atoms with E-state index < -0.39 is 0 Å². The van der Waals surface area contributed by atoms with Gasteiger partial charge in [0.05, 0.1) is 10.4 Å². The number of H-pyrrole nitrogens is 1. The van der Waals surface area contributed by atoms with Gasteiger partial charge in [0.15, 0.2) is 0 Å². The first-order valence-corrected chi connectivity index (χ1v) is 9.57. The van der Waals surface area contributed by atoms with Crippen molar-refractivity contribution in [2.75, 3.05) is 17.7 Å². The van der Waals surface area contributed by atoms with Gasteiger partial charge in [-0.2, -0.15) is 0 Å². The van der Waals surface area contributed by atoms with E-state index in [-0.39, 0.29) is 10.8 Å². The molecule has 0 amide bonds. The van der Waals surface area contributed by atoms with Crippen molar-refractivity contribution in [3.8, 4) is 0 Å². The summed E-state index contributed by atoms with van der Waals surface area (Å²) >= 11 is 7.58. The number of benzene rings is 1. The minimum Gasteiger partial charge on any atom is -0.356 e. The fraction of sp³-hybridized carbons (Fsp3) is 0.333. The lowest BCUT2D eigenvalue weighted by atomic mass is 9.81. The molecule has 0 unspecified atom stereocenters. The molecule has 1 N–H and O–H groups in total. The molecule has 1 aromatic carbocycles. The Bertz CT molecular complexity index is 894. The molecular formula is C18H18ClFN4S. The highest BCUT2D eigenvalue weighted by Gasteiger charge is 2.33. The zero-order valence-corrected chi connectivity index (χ0v) is 15.3. The van der Waals surface area contributed by atoms with E-state index in [2.05, 4.69) is 26.9 Å². The van der Waals surface area contributed by atoms with Gasteiger partial charge in [0, 0.05) is 29.9 Å². The second-order valence-electron chi connectivity index (χ2n) is 6.43. The molecule has 2 aromatic heterocycles. The molecular weight excluding hydrogens is 359 g/mol. The summed E-state index contributed by atoms with van der Waals surface area (Å²) in [5.41, 5.74) is 0.872. The highest BCUT2D eigenvalue weighted by molar-refractivity contribution is 7.99. The molecule has 0 bridgehead atoms. The van der Waals surface area contributed by atoms with Gasteiger partial charge in [-0.05, 0) is 43.0 Å². The molecule has 1 fully saturated rings. The standard InChI is InChI=1S/C18H18ClFN4S/c1-24(18-14-4-5-21-17(14)22-10-23-18)12-6-11(7-12)9-25-13-2-3-16(20)15(19)8-13/h2-5,8,10-12H,6-7,9H2,1H3,(H,21,22,23). The first-order valence-electron chi connectivity index (χ1n) is 8.20. The highest BCUT2D eigenvalue weighted by atomic mass is 35.5. The fourth-order valence-corrected chi connectivity index (χ4v) is 4.56. The highest BCUT2D eigenvalue weighted by Crippen LogP contribution is 2.38. The molecule has 0 spiro atoms. The molecule has 4 nitrogen and oxygen atoms in total. The minimum atomic E-state index is -0.364. The SMILES string of the molecule is CN(c1ncnc2[nH]ccc12)C1CC(CSc2ccc(F)c(Cl)c2)C1. The number of anilines is 1. The number of nitrogens with one attached hydrogen (secondary N) is 1. The second kappa shape index (κ2) is 6.84. The quantitative estimate of drug-likeness (QED) is 0.652. The van der Waals surface area contributed by atoms with E-state index >= 15 is 0 Å². The Hall–Kier alpha value is -1.79. The van der Waals surface area contributed by atoms with Crippen molar-refractivity contribution in [2.45, 2.75) is 23.8 Å². The molecule has 7 heteroatoms. The second-order valence-corrected chi connectivity index (χ2v) is 7.93. The van der Waals surface area contributed by atoms with Crippen LogP contribution in [0.3, 0.4) is 0 Å². The van der Waals surface area contributed by atoms with E-state index in [9.17, 15) is 4.39 Å². The van der Waals surface area contributed by atoms with E-state index in [1.165, 1.54) is 6.07 Å². The van der Waals surface area contributed by atoms with Crippen LogP contribution in [0.25, 0.3) is 11.0 Å². The molecule has 25 heavy (non-hydrogen) atoms. The number of rotatable bonds is 5. The van der Waals surface area contributed by atoms with Crippen LogP contribution >= 0.6 is 23.4 Å². The normalized spacial score (nSPS) is 19.8. The number of thioether (sulfide) groups is 1. The molecule has 3 aromatic rings. The van der Waals surface area contributed by atoms with E-state index in [1.807, 2.05) is 12.3 Å². The first-order chi connectivity index (χ1) is 12.1. The maximum atomic E-state index is 13.2. The van der Waals surface area contributed by atoms with E-state index in [0.717, 1.165) is 40.3 Å². The van der Waals surface area contributed by atoms with Crippen LogP contribution < -0.4 is 4.90 Å². The number of nitrogens with zero attached hydrogens (tertiary/aromatic N) is 3. The number of aromatic amines is 1. The number of fused-ring (bicyclic) bond motifs is 1. The van der Waals surface area contributed by atoms with E-state index in [0.29, 0.717) is 12.0 Å². The predicted octanol–water partition coefficient (Wildman–Crippen LogP) is 4.76. The van der Waals surface area contributed by atoms with Crippen molar-refractivity contribution in [1.29, 1.82) is 0 Å². The van der Waals surface area contributed by atoms with Crippen molar-refractivity contribution in [3.63, 3.8) is 0 Å². The van der Waals surface area contributed by atoms with Crippen LogP contribution in [-0.4, -0.2) is 33.8 Å². The Morgan fingerprint density at radius 3 is 2.96 bits per heavy atom. The van der Waals surface area contributed by atoms with Gasteiger partial charge in [0.2, 0.25) is 0 Å². The zero-order chi connectivity index (χ0) is 17.4. The molecule has 1 saturated carbocycles. The topological polar surface area (TPSA) is 44.8 Å². The molecule has 0 saturated heterocycles. The third-order valence-electron chi connectivity index (χ3n) is 4.80. The number of halogens is 2. The number of hydrogen-bond acceptors (Lipinski definition) is 4. The molecule has 1 aliphatic carbocycles. The Kier molecular flexibility index (Phi) is 4.56. The smallest absolute Gasteiger partial charge is 0.142 e. The number of hydrogen-bond donors (Lipinski definition) is 1. The van der Waals surface area contributed by atoms with Crippen LogP contribution in [0.2, 0.25) is 5.02 Å². The maximum Gasteiger partial charge on any atom is 0.142 e. The van der Waals surface area contributed by atoms with Gasteiger partial charge < -0.3 is 9.88 Å². The molecule has 130 valence electrons. The summed E-state index contributed by atoms with van der Waals surface area (Å²) in [6, 6.07) is 7.44. The maximum absolute atomic E-state index is 13.2. The van der Waals surface area contributed by atoms with Crippen LogP contribution in [-0.2, 0) is 0 Å². The molecule has 4 rings (SSSR count). The Labute approximate surface area is 154 Å². The van der Waals surface area contributed by atoms with Gasteiger partial charge in [-0.15, -0.1) is 11.8 Å². The van der Waals surface area contributed by atoms with Gasteiger partial charge in [0.1, 0.15) is 23.6 Å². The third kappa shape index (κ3) is 3.33. The summed E-state index contributed by atoms with van der Waals surface area (Å²) in [4.78, 5) is 15.1. The summed E-state index contributed by atoms with van der Waals surface area (Å²) in [5.74, 6) is 2.30. The van der Waals surface area contributed by atoms with Crippen molar-refractivity contribution in [1.82, 2.24) is 15.0 Å². The average molecular weight is 377 g/mol. The first kappa shape index (κ1) is 16.7. The minimum absolute atomic E-state index is 0.190. The summed E-state index contributed by atoms with van der Waals surface area (Å²) in [6.07, 6.45) is 5.77. The van der Waals surface area contributed by atoms with Gasteiger partial charge >= 0.3 is 0 Å². The van der Waals surface area contributed by atoms with Gasteiger partial charge in [-0.1, -0.05) is 11.6 Å². The molecule has 0 aliphatic heterocycles. The Morgan fingerprint density at radius 1 is 1.32 bits per heavy atom. The summed E-state index contributed by atoms with van der Waals surface area (Å²) in [7, 11) is 2.10. The van der Waals surface area contributed by atoms with E-state index in [1.54, 1.807) is 30.2 Å². The van der Waals surface area contributed by atoms with Gasteiger partial charge in [0.25, 0.3) is 0 Å². The fourth-order valence-electron chi connectivity index (χ4n) is 3.25. The molecule has 0 radical (unpaired) electrons. The van der Waals surface area contributed by atoms with Gasteiger partial charge in [-0.25, -0.2) is 14.4 Å². The lowest BCUT2D eigenvalue weighted by Crippen LogP contribution is -2.43. The van der Waals surface area contributed by atoms with Crippen LogP contribution in [0, 0.1) is 11.7 Å². The van der Waals surface area contributed by atoms with Crippen LogP contribution in [0.1, 0.15) is 12.8 Å². The summed E-state index contributed by atoms with van der Waals surface area (Å²) in [5, 5.41) is 1.25. The monoisotopic (exact) mass is 376 g/mol. The van der Waals surface area contributed by atoms with Crippen molar-refractivity contribution in [2.24, 2.45) is 5.92 Å².